The number of thioether (sulfide) groups is 1. The number of quaternary nitrogens is 1. The van der Waals surface area contributed by atoms with E-state index in [0.29, 0.717) is 28.4 Å². The molecule has 32 heavy (non-hydrogen) atoms. The number of benzene rings is 2. The highest BCUT2D eigenvalue weighted by Gasteiger charge is 2.23. The lowest BCUT2D eigenvalue weighted by Crippen LogP contribution is -3.05. The van der Waals surface area contributed by atoms with Crippen LogP contribution >= 0.6 is 11.8 Å². The van der Waals surface area contributed by atoms with Crippen molar-refractivity contribution in [3.8, 4) is 0 Å². The average molecular weight is 453 g/mol. The number of nitrogens with one attached hydrogen (secondary N) is 4. The SMILES string of the molecule is CC(c1nnc(SCC(=O)Nc2ccc3[nH]c(=O)[nH]c3c2)n1Cc1ccccc1)[NH+](C)C. The van der Waals surface area contributed by atoms with Crippen LogP contribution in [0.2, 0.25) is 0 Å². The molecule has 0 spiro atoms. The number of rotatable bonds is 8. The molecule has 1 amide bonds. The van der Waals surface area contributed by atoms with Crippen LogP contribution in [0.25, 0.3) is 11.0 Å². The van der Waals surface area contributed by atoms with Gasteiger partial charge in [0.05, 0.1) is 37.4 Å². The molecule has 0 bridgehead atoms. The predicted octanol–water partition coefficient (Wildman–Crippen LogP) is 1.43. The van der Waals surface area contributed by atoms with Gasteiger partial charge in [0.1, 0.15) is 6.04 Å². The Bertz CT molecular complexity index is 1280. The highest BCUT2D eigenvalue weighted by atomic mass is 32.2. The van der Waals surface area contributed by atoms with Gasteiger partial charge in [0.25, 0.3) is 0 Å². The minimum absolute atomic E-state index is 0.157. The van der Waals surface area contributed by atoms with E-state index in [1.54, 1.807) is 18.2 Å². The van der Waals surface area contributed by atoms with Gasteiger partial charge in [-0.2, -0.15) is 0 Å². The first kappa shape index (κ1) is 21.8. The first-order chi connectivity index (χ1) is 15.4. The van der Waals surface area contributed by atoms with Crippen molar-refractivity contribution in [1.82, 2.24) is 24.7 Å². The van der Waals surface area contributed by atoms with E-state index in [2.05, 4.69) is 63.2 Å². The van der Waals surface area contributed by atoms with Gasteiger partial charge >= 0.3 is 5.69 Å². The number of hydrogen-bond donors (Lipinski definition) is 4. The molecule has 1 atom stereocenters. The van der Waals surface area contributed by atoms with Gasteiger partial charge in [-0.15, -0.1) is 10.2 Å². The van der Waals surface area contributed by atoms with Crippen LogP contribution in [0, 0.1) is 0 Å². The Hall–Kier alpha value is -3.37. The number of aromatic amines is 2. The Morgan fingerprint density at radius 2 is 1.88 bits per heavy atom. The Labute approximate surface area is 189 Å². The molecule has 1 unspecified atom stereocenters. The summed E-state index contributed by atoms with van der Waals surface area (Å²) in [5, 5.41) is 12.4. The van der Waals surface area contributed by atoms with Crippen LogP contribution in [-0.4, -0.2) is 50.5 Å². The first-order valence-corrected chi connectivity index (χ1v) is 11.3. The van der Waals surface area contributed by atoms with E-state index < -0.39 is 0 Å². The van der Waals surface area contributed by atoms with Crippen molar-refractivity contribution in [2.45, 2.75) is 24.7 Å². The number of nitrogens with zero attached hydrogens (tertiary/aromatic N) is 3. The molecule has 0 radical (unpaired) electrons. The number of hydrogen-bond acceptors (Lipinski definition) is 5. The highest BCUT2D eigenvalue weighted by Crippen LogP contribution is 2.22. The molecular formula is C22H26N7O2S+. The van der Waals surface area contributed by atoms with Gasteiger partial charge in [0.2, 0.25) is 5.91 Å². The van der Waals surface area contributed by atoms with E-state index in [4.69, 9.17) is 0 Å². The lowest BCUT2D eigenvalue weighted by atomic mass is 10.2. The Morgan fingerprint density at radius 3 is 2.62 bits per heavy atom. The first-order valence-electron chi connectivity index (χ1n) is 10.3. The molecule has 0 saturated carbocycles. The van der Waals surface area contributed by atoms with Crippen LogP contribution in [0.3, 0.4) is 0 Å². The second-order valence-corrected chi connectivity index (χ2v) is 8.83. The standard InChI is InChI=1S/C22H25N7O2S/c1-14(28(2)3)20-26-27-22(29(20)12-15-7-5-4-6-8-15)32-13-19(30)23-16-9-10-17-18(11-16)25-21(31)24-17/h4-11,14H,12-13H2,1-3H3,(H,23,30)(H2,24,25,31)/p+1. The van der Waals surface area contributed by atoms with Crippen LogP contribution < -0.4 is 15.9 Å². The van der Waals surface area contributed by atoms with Crippen LogP contribution in [0.4, 0.5) is 5.69 Å². The molecule has 4 aromatic rings. The van der Waals surface area contributed by atoms with E-state index in [-0.39, 0.29) is 23.4 Å². The molecule has 2 aromatic heterocycles. The summed E-state index contributed by atoms with van der Waals surface area (Å²) in [5.74, 6) is 0.922. The zero-order valence-corrected chi connectivity index (χ0v) is 19.0. The molecular weight excluding hydrogens is 426 g/mol. The molecule has 166 valence electrons. The molecule has 9 nitrogen and oxygen atoms in total. The molecule has 10 heteroatoms. The third-order valence-corrected chi connectivity index (χ3v) is 6.28. The Morgan fingerprint density at radius 1 is 1.12 bits per heavy atom. The summed E-state index contributed by atoms with van der Waals surface area (Å²) in [6, 6.07) is 15.5. The van der Waals surface area contributed by atoms with Gasteiger partial charge in [-0.05, 0) is 30.7 Å². The minimum atomic E-state index is -0.277. The van der Waals surface area contributed by atoms with Gasteiger partial charge < -0.3 is 20.2 Å². The Kier molecular flexibility index (Phi) is 6.42. The van der Waals surface area contributed by atoms with Gasteiger partial charge in [0, 0.05) is 5.69 Å². The summed E-state index contributed by atoms with van der Waals surface area (Å²) >= 11 is 1.36. The number of carbonyl (C=O) groups excluding carboxylic acids is 1. The fraction of sp³-hybridized carbons (Fsp3) is 0.273. The molecule has 0 saturated heterocycles. The second kappa shape index (κ2) is 9.41. The number of anilines is 1. The maximum absolute atomic E-state index is 12.6. The number of aromatic nitrogens is 5. The van der Waals surface area contributed by atoms with Crippen LogP contribution in [-0.2, 0) is 11.3 Å². The van der Waals surface area contributed by atoms with E-state index in [1.807, 2.05) is 18.2 Å². The number of fused-ring (bicyclic) bond motifs is 1. The lowest BCUT2D eigenvalue weighted by molar-refractivity contribution is -0.890. The smallest absolute Gasteiger partial charge is 0.323 e. The molecule has 0 aliphatic rings. The lowest BCUT2D eigenvalue weighted by Gasteiger charge is -2.18. The maximum Gasteiger partial charge on any atom is 0.323 e. The molecule has 2 heterocycles. The van der Waals surface area contributed by atoms with Gasteiger partial charge in [0.15, 0.2) is 11.0 Å². The summed E-state index contributed by atoms with van der Waals surface area (Å²) in [5.41, 5.74) is 2.83. The summed E-state index contributed by atoms with van der Waals surface area (Å²) < 4.78 is 2.08. The quantitative estimate of drug-likeness (QED) is 0.302. The van der Waals surface area contributed by atoms with Crippen molar-refractivity contribution >= 4 is 34.4 Å². The van der Waals surface area contributed by atoms with Crippen LogP contribution in [0.1, 0.15) is 24.4 Å². The van der Waals surface area contributed by atoms with Crippen molar-refractivity contribution in [2.24, 2.45) is 0 Å². The maximum atomic E-state index is 12.6. The van der Waals surface area contributed by atoms with E-state index in [1.165, 1.54) is 16.7 Å². The van der Waals surface area contributed by atoms with Crippen LogP contribution in [0.15, 0.2) is 58.5 Å². The summed E-state index contributed by atoms with van der Waals surface area (Å²) in [4.78, 5) is 30.6. The summed E-state index contributed by atoms with van der Waals surface area (Å²) in [6.45, 7) is 2.76. The number of imidazole rings is 1. The fourth-order valence-electron chi connectivity index (χ4n) is 3.34. The van der Waals surface area contributed by atoms with Crippen molar-refractivity contribution < 1.29 is 9.69 Å². The molecule has 0 fully saturated rings. The summed E-state index contributed by atoms with van der Waals surface area (Å²) in [6.07, 6.45) is 0. The second-order valence-electron chi connectivity index (χ2n) is 7.89. The number of H-pyrrole nitrogens is 2. The summed E-state index contributed by atoms with van der Waals surface area (Å²) in [7, 11) is 4.17. The van der Waals surface area contributed by atoms with E-state index in [9.17, 15) is 9.59 Å². The predicted molar refractivity (Wildman–Crippen MR) is 125 cm³/mol. The topological polar surface area (TPSA) is 113 Å². The van der Waals surface area contributed by atoms with Crippen LogP contribution in [0.5, 0.6) is 0 Å². The van der Waals surface area contributed by atoms with Crippen molar-refractivity contribution in [2.75, 3.05) is 25.2 Å². The van der Waals surface area contributed by atoms with E-state index >= 15 is 0 Å². The number of carbonyl (C=O) groups is 1. The van der Waals surface area contributed by atoms with Gasteiger partial charge in [-0.1, -0.05) is 42.1 Å². The highest BCUT2D eigenvalue weighted by molar-refractivity contribution is 7.99. The van der Waals surface area contributed by atoms with Crippen molar-refractivity contribution in [3.05, 3.63) is 70.4 Å². The van der Waals surface area contributed by atoms with Crippen molar-refractivity contribution in [3.63, 3.8) is 0 Å². The molecule has 4 N–H and O–H groups in total. The van der Waals surface area contributed by atoms with Gasteiger partial charge in [-0.25, -0.2) is 4.79 Å². The van der Waals surface area contributed by atoms with Gasteiger partial charge in [-0.3, -0.25) is 9.36 Å². The fourth-order valence-corrected chi connectivity index (χ4v) is 4.08. The van der Waals surface area contributed by atoms with E-state index in [0.717, 1.165) is 11.4 Å². The third-order valence-electron chi connectivity index (χ3n) is 5.31. The molecule has 2 aromatic carbocycles. The number of amides is 1. The zero-order valence-electron chi connectivity index (χ0n) is 18.2. The third kappa shape index (κ3) is 4.92. The molecule has 0 aliphatic carbocycles. The van der Waals surface area contributed by atoms with Crippen molar-refractivity contribution in [1.29, 1.82) is 0 Å². The zero-order chi connectivity index (χ0) is 22.7. The minimum Gasteiger partial charge on any atom is -0.331 e. The molecule has 0 aliphatic heterocycles. The Balaban J connectivity index is 1.48. The largest absolute Gasteiger partial charge is 0.331 e. The average Bonchev–Trinajstić information content (AvgIpc) is 3.34. The normalized spacial score (nSPS) is 12.4. The monoisotopic (exact) mass is 452 g/mol. The molecule has 4 rings (SSSR count).